The number of carbonyl (C=O) groups excluding carboxylic acids is 1. The maximum Gasteiger partial charge on any atom is 0.273 e. The summed E-state index contributed by atoms with van der Waals surface area (Å²) in [5.41, 5.74) is 7.22. The lowest BCUT2D eigenvalue weighted by Gasteiger charge is -2.07. The van der Waals surface area contributed by atoms with E-state index >= 15 is 0 Å². The molecule has 0 spiro atoms. The number of anilines is 2. The number of rotatable bonds is 2. The van der Waals surface area contributed by atoms with Crippen LogP contribution in [-0.2, 0) is 0 Å². The number of nitrogen functional groups attached to an aromatic ring is 1. The molecule has 1 aromatic carbocycles. The summed E-state index contributed by atoms with van der Waals surface area (Å²) in [6.07, 6.45) is 1.51. The van der Waals surface area contributed by atoms with Crippen LogP contribution in [0, 0.1) is 0 Å². The number of nitrogens with one attached hydrogen (secondary N) is 2. The Bertz CT molecular complexity index is 510. The summed E-state index contributed by atoms with van der Waals surface area (Å²) in [7, 11) is 0. The van der Waals surface area contributed by atoms with Crippen molar-refractivity contribution in [1.82, 2.24) is 10.2 Å². The Morgan fingerprint density at radius 1 is 1.44 bits per heavy atom. The van der Waals surface area contributed by atoms with E-state index in [-0.39, 0.29) is 5.91 Å². The number of hydrogen-bond acceptors (Lipinski definition) is 3. The number of H-pyrrole nitrogens is 1. The van der Waals surface area contributed by atoms with Crippen molar-refractivity contribution in [2.75, 3.05) is 11.1 Å². The highest BCUT2D eigenvalue weighted by molar-refractivity contribution is 9.10. The van der Waals surface area contributed by atoms with Crippen LogP contribution in [0.3, 0.4) is 0 Å². The molecule has 1 heterocycles. The first-order chi connectivity index (χ1) is 7.66. The van der Waals surface area contributed by atoms with Gasteiger partial charge in [0.2, 0.25) is 0 Å². The fourth-order valence-electron chi connectivity index (χ4n) is 1.22. The smallest absolute Gasteiger partial charge is 0.273 e. The Labute approximate surface area is 100 Å². The molecule has 0 saturated heterocycles. The van der Waals surface area contributed by atoms with Crippen molar-refractivity contribution in [3.63, 3.8) is 0 Å². The van der Waals surface area contributed by atoms with Crippen LogP contribution in [0.2, 0.25) is 0 Å². The molecule has 2 aromatic rings. The van der Waals surface area contributed by atoms with Crippen LogP contribution in [0.25, 0.3) is 0 Å². The van der Waals surface area contributed by atoms with Crippen molar-refractivity contribution in [1.29, 1.82) is 0 Å². The maximum absolute atomic E-state index is 11.7. The third kappa shape index (κ3) is 2.22. The number of nitrogens with zero attached hydrogens (tertiary/aromatic N) is 1. The number of aromatic nitrogens is 2. The number of carbonyl (C=O) groups is 1. The van der Waals surface area contributed by atoms with Crippen molar-refractivity contribution in [2.45, 2.75) is 0 Å². The molecule has 82 valence electrons. The minimum atomic E-state index is -0.272. The summed E-state index contributed by atoms with van der Waals surface area (Å²) in [6.45, 7) is 0. The zero-order valence-electron chi connectivity index (χ0n) is 8.20. The van der Waals surface area contributed by atoms with Crippen LogP contribution >= 0.6 is 15.9 Å². The fourth-order valence-corrected chi connectivity index (χ4v) is 1.60. The molecule has 4 N–H and O–H groups in total. The highest BCUT2D eigenvalue weighted by Gasteiger charge is 2.08. The van der Waals surface area contributed by atoms with Crippen molar-refractivity contribution in [3.8, 4) is 0 Å². The van der Waals surface area contributed by atoms with Gasteiger partial charge in [-0.05, 0) is 24.3 Å². The molecule has 0 saturated carbocycles. The first kappa shape index (κ1) is 10.7. The van der Waals surface area contributed by atoms with E-state index in [0.717, 1.165) is 4.47 Å². The van der Waals surface area contributed by atoms with Gasteiger partial charge in [-0.25, -0.2) is 0 Å². The molecule has 1 amide bonds. The molecule has 0 aliphatic heterocycles. The molecule has 0 radical (unpaired) electrons. The number of hydrogen-bond donors (Lipinski definition) is 3. The third-order valence-corrected chi connectivity index (χ3v) is 2.50. The predicted octanol–water partition coefficient (Wildman–Crippen LogP) is 2.01. The third-order valence-electron chi connectivity index (χ3n) is 2.01. The van der Waals surface area contributed by atoms with Crippen LogP contribution < -0.4 is 11.1 Å². The highest BCUT2D eigenvalue weighted by atomic mass is 79.9. The summed E-state index contributed by atoms with van der Waals surface area (Å²) in [4.78, 5) is 11.7. The van der Waals surface area contributed by atoms with E-state index in [0.29, 0.717) is 17.1 Å². The van der Waals surface area contributed by atoms with Gasteiger partial charge >= 0.3 is 0 Å². The second-order valence-corrected chi connectivity index (χ2v) is 4.07. The lowest BCUT2D eigenvalue weighted by atomic mass is 10.2. The Kier molecular flexibility index (Phi) is 2.91. The van der Waals surface area contributed by atoms with Crippen LogP contribution in [0.5, 0.6) is 0 Å². The van der Waals surface area contributed by atoms with E-state index in [9.17, 15) is 4.79 Å². The molecular formula is C10H9BrN4O. The largest absolute Gasteiger partial charge is 0.397 e. The van der Waals surface area contributed by atoms with Gasteiger partial charge in [-0.2, -0.15) is 5.10 Å². The van der Waals surface area contributed by atoms with Gasteiger partial charge in [-0.3, -0.25) is 9.89 Å². The zero-order chi connectivity index (χ0) is 11.5. The van der Waals surface area contributed by atoms with Crippen LogP contribution in [0.15, 0.2) is 34.9 Å². The van der Waals surface area contributed by atoms with Gasteiger partial charge in [0.15, 0.2) is 0 Å². The lowest BCUT2D eigenvalue weighted by Crippen LogP contribution is -2.13. The van der Waals surface area contributed by atoms with Crippen LogP contribution in [0.4, 0.5) is 11.4 Å². The molecule has 0 unspecified atom stereocenters. The average Bonchev–Trinajstić information content (AvgIpc) is 2.75. The molecule has 2 rings (SSSR count). The zero-order valence-corrected chi connectivity index (χ0v) is 9.78. The van der Waals surface area contributed by atoms with Crippen molar-refractivity contribution >= 4 is 33.2 Å². The highest BCUT2D eigenvalue weighted by Crippen LogP contribution is 2.23. The molecule has 16 heavy (non-hydrogen) atoms. The van der Waals surface area contributed by atoms with E-state index < -0.39 is 0 Å². The Balaban J connectivity index is 2.18. The van der Waals surface area contributed by atoms with Crippen LogP contribution in [0.1, 0.15) is 10.5 Å². The minimum absolute atomic E-state index is 0.272. The van der Waals surface area contributed by atoms with E-state index in [1.807, 2.05) is 0 Å². The number of amides is 1. The molecular weight excluding hydrogens is 272 g/mol. The van der Waals surface area contributed by atoms with E-state index in [1.165, 1.54) is 6.20 Å². The summed E-state index contributed by atoms with van der Waals surface area (Å²) >= 11 is 3.29. The Hall–Kier alpha value is -1.82. The minimum Gasteiger partial charge on any atom is -0.397 e. The molecule has 0 bridgehead atoms. The summed E-state index contributed by atoms with van der Waals surface area (Å²) in [5.74, 6) is -0.272. The van der Waals surface area contributed by atoms with Crippen molar-refractivity contribution < 1.29 is 4.79 Å². The average molecular weight is 281 g/mol. The van der Waals surface area contributed by atoms with Gasteiger partial charge in [-0.1, -0.05) is 15.9 Å². The summed E-state index contributed by atoms with van der Waals surface area (Å²) < 4.78 is 0.865. The topological polar surface area (TPSA) is 83.8 Å². The van der Waals surface area contributed by atoms with E-state index in [1.54, 1.807) is 24.3 Å². The van der Waals surface area contributed by atoms with Gasteiger partial charge < -0.3 is 11.1 Å². The van der Waals surface area contributed by atoms with Crippen LogP contribution in [-0.4, -0.2) is 16.1 Å². The predicted molar refractivity (Wildman–Crippen MR) is 65.1 cm³/mol. The molecule has 0 aliphatic rings. The molecule has 6 heteroatoms. The number of benzene rings is 1. The van der Waals surface area contributed by atoms with Crippen molar-refractivity contribution in [2.24, 2.45) is 0 Å². The van der Waals surface area contributed by atoms with E-state index in [2.05, 4.69) is 31.4 Å². The second-order valence-electron chi connectivity index (χ2n) is 3.16. The second kappa shape index (κ2) is 4.36. The fraction of sp³-hybridized carbons (Fsp3) is 0. The monoisotopic (exact) mass is 280 g/mol. The lowest BCUT2D eigenvalue weighted by molar-refractivity contribution is 0.102. The van der Waals surface area contributed by atoms with Gasteiger partial charge in [0.05, 0.1) is 11.4 Å². The Morgan fingerprint density at radius 2 is 2.25 bits per heavy atom. The molecule has 5 nitrogen and oxygen atoms in total. The molecule has 1 aromatic heterocycles. The number of nitrogens with two attached hydrogens (primary N) is 1. The quantitative estimate of drug-likeness (QED) is 0.736. The molecule has 0 fully saturated rings. The molecule has 0 atom stereocenters. The molecule has 0 aliphatic carbocycles. The normalized spacial score (nSPS) is 10.1. The van der Waals surface area contributed by atoms with Crippen molar-refractivity contribution in [3.05, 3.63) is 40.6 Å². The van der Waals surface area contributed by atoms with E-state index in [4.69, 9.17) is 5.73 Å². The van der Waals surface area contributed by atoms with Gasteiger partial charge in [0.25, 0.3) is 5.91 Å². The van der Waals surface area contributed by atoms with Gasteiger partial charge in [-0.15, -0.1) is 0 Å². The summed E-state index contributed by atoms with van der Waals surface area (Å²) in [5, 5.41) is 8.96. The number of halogens is 1. The maximum atomic E-state index is 11.7. The summed E-state index contributed by atoms with van der Waals surface area (Å²) in [6, 6.07) is 6.85. The Morgan fingerprint density at radius 3 is 2.88 bits per heavy atom. The first-order valence-electron chi connectivity index (χ1n) is 4.52. The van der Waals surface area contributed by atoms with Gasteiger partial charge in [0.1, 0.15) is 5.69 Å². The standard InChI is InChI=1S/C10H9BrN4O/c11-6-1-2-8(7(12)5-6)14-10(16)9-3-4-13-15-9/h1-5H,12H2,(H,13,15)(H,14,16). The number of aromatic amines is 1. The first-order valence-corrected chi connectivity index (χ1v) is 5.32. The van der Waals surface area contributed by atoms with Gasteiger partial charge in [0, 0.05) is 10.7 Å². The SMILES string of the molecule is Nc1cc(Br)ccc1NC(=O)c1ccn[nH]1.